The van der Waals surface area contributed by atoms with Crippen molar-refractivity contribution in [3.63, 3.8) is 0 Å². The van der Waals surface area contributed by atoms with Gasteiger partial charge in [0.2, 0.25) is 11.8 Å². The first-order valence-corrected chi connectivity index (χ1v) is 12.3. The highest BCUT2D eigenvalue weighted by Gasteiger charge is 2.26. The van der Waals surface area contributed by atoms with Crippen LogP contribution in [-0.2, 0) is 25.7 Å². The lowest BCUT2D eigenvalue weighted by Crippen LogP contribution is -2.51. The van der Waals surface area contributed by atoms with Gasteiger partial charge in [0.05, 0.1) is 13.0 Å². The van der Waals surface area contributed by atoms with Gasteiger partial charge in [0.1, 0.15) is 18.4 Å². The summed E-state index contributed by atoms with van der Waals surface area (Å²) in [6.45, 7) is 3.78. The summed E-state index contributed by atoms with van der Waals surface area (Å²) < 4.78 is 10.8. The molecule has 3 rings (SSSR count). The summed E-state index contributed by atoms with van der Waals surface area (Å²) in [6.07, 6.45) is -0.727. The third-order valence-electron chi connectivity index (χ3n) is 6.10. The van der Waals surface area contributed by atoms with Crippen LogP contribution in [0.15, 0.2) is 54.6 Å². The van der Waals surface area contributed by atoms with E-state index >= 15 is 0 Å². The maximum atomic E-state index is 12.6. The number of aliphatic carboxylic acids is 1. The highest BCUT2D eigenvalue weighted by Crippen LogP contribution is 2.16. The van der Waals surface area contributed by atoms with Gasteiger partial charge in [-0.1, -0.05) is 48.5 Å². The molecule has 2 aromatic rings. The van der Waals surface area contributed by atoms with Crippen molar-refractivity contribution in [2.75, 3.05) is 32.8 Å². The van der Waals surface area contributed by atoms with E-state index in [9.17, 15) is 24.3 Å². The van der Waals surface area contributed by atoms with Crippen LogP contribution in [0.1, 0.15) is 30.4 Å². The summed E-state index contributed by atoms with van der Waals surface area (Å²) in [5.41, 5.74) is 1.78. The van der Waals surface area contributed by atoms with E-state index < -0.39 is 18.1 Å². The van der Waals surface area contributed by atoms with Crippen molar-refractivity contribution < 1.29 is 33.8 Å². The van der Waals surface area contributed by atoms with E-state index in [4.69, 9.17) is 9.47 Å². The van der Waals surface area contributed by atoms with Gasteiger partial charge in [-0.05, 0) is 30.5 Å². The van der Waals surface area contributed by atoms with Crippen LogP contribution in [0.4, 0.5) is 4.79 Å². The molecule has 1 saturated heterocycles. The number of ether oxygens (including phenoxy) is 2. The van der Waals surface area contributed by atoms with Gasteiger partial charge in [-0.15, -0.1) is 0 Å². The van der Waals surface area contributed by atoms with Crippen molar-refractivity contribution in [1.29, 1.82) is 0 Å². The molecule has 0 aromatic heterocycles. The minimum atomic E-state index is -1.25. The van der Waals surface area contributed by atoms with Gasteiger partial charge in [-0.3, -0.25) is 9.59 Å². The molecule has 1 aliphatic heterocycles. The van der Waals surface area contributed by atoms with Gasteiger partial charge in [0, 0.05) is 32.6 Å². The first kappa shape index (κ1) is 27.5. The number of benzene rings is 2. The fraction of sp³-hybridized carbons (Fsp3) is 0.407. The highest BCUT2D eigenvalue weighted by molar-refractivity contribution is 5.82. The molecule has 2 aromatic carbocycles. The molecule has 1 fully saturated rings. The van der Waals surface area contributed by atoms with E-state index in [1.807, 2.05) is 37.3 Å². The van der Waals surface area contributed by atoms with Crippen LogP contribution in [0.3, 0.4) is 0 Å². The molecule has 1 heterocycles. The number of nitrogens with one attached hydrogen (secondary N) is 1. The molecular formula is C27H33N3O7. The van der Waals surface area contributed by atoms with Crippen molar-refractivity contribution >= 4 is 23.9 Å². The largest absolute Gasteiger partial charge is 0.493 e. The Morgan fingerprint density at radius 3 is 2.11 bits per heavy atom. The fourth-order valence-electron chi connectivity index (χ4n) is 3.92. The molecule has 0 bridgehead atoms. The molecule has 0 aliphatic carbocycles. The van der Waals surface area contributed by atoms with E-state index in [2.05, 4.69) is 5.32 Å². The average molecular weight is 512 g/mol. The van der Waals surface area contributed by atoms with Crippen LogP contribution in [0.5, 0.6) is 5.75 Å². The minimum absolute atomic E-state index is 0.0129. The van der Waals surface area contributed by atoms with Crippen LogP contribution in [0, 0.1) is 6.92 Å². The Morgan fingerprint density at radius 2 is 1.49 bits per heavy atom. The number of piperazine rings is 1. The number of carboxylic acids is 1. The molecule has 3 amide bonds. The zero-order valence-corrected chi connectivity index (χ0v) is 20.9. The number of rotatable bonds is 11. The molecule has 0 radical (unpaired) electrons. The highest BCUT2D eigenvalue weighted by atomic mass is 16.5. The van der Waals surface area contributed by atoms with Gasteiger partial charge >= 0.3 is 12.1 Å². The number of carbonyl (C=O) groups excluding carboxylic acids is 3. The summed E-state index contributed by atoms with van der Waals surface area (Å²) in [5, 5.41) is 11.7. The topological polar surface area (TPSA) is 125 Å². The van der Waals surface area contributed by atoms with Gasteiger partial charge in [-0.25, -0.2) is 9.59 Å². The monoisotopic (exact) mass is 511 g/mol. The van der Waals surface area contributed by atoms with Crippen LogP contribution in [0.25, 0.3) is 0 Å². The van der Waals surface area contributed by atoms with E-state index in [0.29, 0.717) is 26.2 Å². The number of para-hydroxylation sites is 1. The van der Waals surface area contributed by atoms with Crippen LogP contribution >= 0.6 is 0 Å². The molecule has 10 nitrogen and oxygen atoms in total. The van der Waals surface area contributed by atoms with Crippen molar-refractivity contribution in [3.05, 3.63) is 65.7 Å². The first-order chi connectivity index (χ1) is 17.8. The van der Waals surface area contributed by atoms with E-state index in [-0.39, 0.29) is 44.3 Å². The zero-order chi connectivity index (χ0) is 26.6. The quantitative estimate of drug-likeness (QED) is 0.475. The van der Waals surface area contributed by atoms with Crippen LogP contribution in [-0.4, -0.2) is 77.6 Å². The normalized spacial score (nSPS) is 14.0. The molecule has 0 unspecified atom stereocenters. The number of hydrogen-bond acceptors (Lipinski definition) is 6. The van der Waals surface area contributed by atoms with Crippen molar-refractivity contribution in [2.45, 2.75) is 38.8 Å². The second-order valence-electron chi connectivity index (χ2n) is 8.76. The molecule has 1 atom stereocenters. The van der Waals surface area contributed by atoms with Crippen molar-refractivity contribution in [3.8, 4) is 5.75 Å². The number of hydrogen-bond donors (Lipinski definition) is 2. The number of carbonyl (C=O) groups is 4. The van der Waals surface area contributed by atoms with E-state index in [1.165, 1.54) is 0 Å². The molecule has 0 saturated carbocycles. The molecule has 1 aliphatic rings. The predicted octanol–water partition coefficient (Wildman–Crippen LogP) is 2.59. The van der Waals surface area contributed by atoms with E-state index in [1.54, 1.807) is 34.1 Å². The number of alkyl carbamates (subject to hydrolysis) is 1. The zero-order valence-electron chi connectivity index (χ0n) is 20.9. The van der Waals surface area contributed by atoms with Crippen LogP contribution < -0.4 is 10.1 Å². The smallest absolute Gasteiger partial charge is 0.408 e. The van der Waals surface area contributed by atoms with Crippen LogP contribution in [0.2, 0.25) is 0 Å². The summed E-state index contributed by atoms with van der Waals surface area (Å²) in [5.74, 6) is -0.748. The predicted molar refractivity (Wildman–Crippen MR) is 135 cm³/mol. The number of nitrogens with zero attached hydrogens (tertiary/aromatic N) is 2. The first-order valence-electron chi connectivity index (χ1n) is 12.3. The standard InChI is InChI=1S/C27H33N3O7/c1-20-7-5-6-10-23(20)36-18-13-25(32)30-16-14-29(15-17-30)24(31)12-11-22(26(33)34)28-27(35)37-19-21-8-3-2-4-9-21/h2-10,22H,11-19H2,1H3,(H,28,35)(H,33,34)/t22-/m0/s1. The van der Waals surface area contributed by atoms with Gasteiger partial charge < -0.3 is 29.7 Å². The molecular weight excluding hydrogens is 478 g/mol. The SMILES string of the molecule is Cc1ccccc1OCCC(=O)N1CCN(C(=O)CC[C@H](NC(=O)OCc2ccccc2)C(=O)O)CC1. The lowest BCUT2D eigenvalue weighted by molar-refractivity contribution is -0.141. The van der Waals surface area contributed by atoms with Crippen molar-refractivity contribution in [1.82, 2.24) is 15.1 Å². The van der Waals surface area contributed by atoms with Crippen molar-refractivity contribution in [2.24, 2.45) is 0 Å². The molecule has 10 heteroatoms. The number of aryl methyl sites for hydroxylation is 1. The maximum Gasteiger partial charge on any atom is 0.408 e. The minimum Gasteiger partial charge on any atom is -0.493 e. The Morgan fingerprint density at radius 1 is 0.892 bits per heavy atom. The fourth-order valence-corrected chi connectivity index (χ4v) is 3.92. The van der Waals surface area contributed by atoms with E-state index in [0.717, 1.165) is 16.9 Å². The molecule has 37 heavy (non-hydrogen) atoms. The molecule has 198 valence electrons. The second kappa shape index (κ2) is 13.9. The Bertz CT molecular complexity index is 1070. The second-order valence-corrected chi connectivity index (χ2v) is 8.76. The third kappa shape index (κ3) is 8.82. The lowest BCUT2D eigenvalue weighted by atomic mass is 10.1. The molecule has 2 N–H and O–H groups in total. The Kier molecular flexibility index (Phi) is 10.3. The summed E-state index contributed by atoms with van der Waals surface area (Å²) in [6, 6.07) is 15.4. The molecule has 0 spiro atoms. The Labute approximate surface area is 216 Å². The summed E-state index contributed by atoms with van der Waals surface area (Å²) >= 11 is 0. The summed E-state index contributed by atoms with van der Waals surface area (Å²) in [4.78, 5) is 52.0. The van der Waals surface area contributed by atoms with Gasteiger partial charge in [0.15, 0.2) is 0 Å². The number of carboxylic acid groups (broad SMARTS) is 1. The average Bonchev–Trinajstić information content (AvgIpc) is 2.91. The van der Waals surface area contributed by atoms with Gasteiger partial charge in [-0.2, -0.15) is 0 Å². The Balaban J connectivity index is 1.35. The van der Waals surface area contributed by atoms with Gasteiger partial charge in [0.25, 0.3) is 0 Å². The third-order valence-corrected chi connectivity index (χ3v) is 6.10. The summed E-state index contributed by atoms with van der Waals surface area (Å²) in [7, 11) is 0. The Hall–Kier alpha value is -4.08. The maximum absolute atomic E-state index is 12.6. The number of amides is 3. The lowest BCUT2D eigenvalue weighted by Gasteiger charge is -2.35.